The fraction of sp³-hybridized carbons (Fsp3) is 0.714. The number of esters is 1. The molecule has 0 spiro atoms. The number of carbonyl (C=O) groups is 4. The van der Waals surface area contributed by atoms with Crippen molar-refractivity contribution in [2.24, 2.45) is 11.1 Å². The molecule has 0 bridgehead atoms. The summed E-state index contributed by atoms with van der Waals surface area (Å²) in [5.74, 6) is -2.06. The second-order valence-electron chi connectivity index (χ2n) is 13.4. The molecule has 0 aliphatic carbocycles. The minimum atomic E-state index is -0.998. The lowest BCUT2D eigenvalue weighted by molar-refractivity contribution is -0.149. The second kappa shape index (κ2) is 20.2. The van der Waals surface area contributed by atoms with Crippen LogP contribution in [-0.2, 0) is 30.3 Å². The fourth-order valence-corrected chi connectivity index (χ4v) is 5.69. The van der Waals surface area contributed by atoms with Crippen LogP contribution in [0.3, 0.4) is 0 Å². The number of hydrogen-bond acceptors (Lipinski definition) is 7. The number of likely N-dealkylation sites (tertiary alicyclic amines) is 1. The highest BCUT2D eigenvalue weighted by Gasteiger charge is 2.43. The van der Waals surface area contributed by atoms with Gasteiger partial charge in [-0.15, -0.1) is 0 Å². The molecule has 1 aliphatic rings. The Labute approximate surface area is 275 Å². The van der Waals surface area contributed by atoms with Crippen molar-refractivity contribution in [3.63, 3.8) is 0 Å². The molecule has 0 unspecified atom stereocenters. The molecule has 4 atom stereocenters. The first-order chi connectivity index (χ1) is 21.9. The van der Waals surface area contributed by atoms with Gasteiger partial charge >= 0.3 is 5.97 Å². The first-order valence-electron chi connectivity index (χ1n) is 17.1. The number of nitrogens with zero attached hydrogens (tertiary/aromatic N) is 1. The van der Waals surface area contributed by atoms with Gasteiger partial charge in [0.15, 0.2) is 0 Å². The Morgan fingerprint density at radius 1 is 0.978 bits per heavy atom. The summed E-state index contributed by atoms with van der Waals surface area (Å²) in [4.78, 5) is 54.9. The highest BCUT2D eigenvalue weighted by atomic mass is 19.1. The lowest BCUT2D eigenvalue weighted by atomic mass is 9.85. The van der Waals surface area contributed by atoms with Gasteiger partial charge in [0.25, 0.3) is 0 Å². The molecule has 1 aliphatic heterocycles. The maximum Gasteiger partial charge on any atom is 0.328 e. The molecule has 1 aromatic carbocycles. The van der Waals surface area contributed by atoms with E-state index in [2.05, 4.69) is 16.0 Å². The molecule has 0 aromatic heterocycles. The van der Waals surface area contributed by atoms with Crippen LogP contribution in [0.1, 0.15) is 104 Å². The van der Waals surface area contributed by atoms with E-state index in [9.17, 15) is 23.6 Å². The molecule has 10 nitrogen and oxygen atoms in total. The van der Waals surface area contributed by atoms with Crippen LogP contribution < -0.4 is 21.7 Å². The van der Waals surface area contributed by atoms with E-state index in [0.29, 0.717) is 31.5 Å². The van der Waals surface area contributed by atoms with Crippen LogP contribution in [0.25, 0.3) is 0 Å². The average molecular weight is 648 g/mol. The average Bonchev–Trinajstić information content (AvgIpc) is 3.51. The molecule has 1 fully saturated rings. The van der Waals surface area contributed by atoms with Crippen molar-refractivity contribution in [1.29, 1.82) is 0 Å². The summed E-state index contributed by atoms with van der Waals surface area (Å²) in [6, 6.07) is 2.57. The SMILES string of the molecule is CCOC(=O)[C@H](Cc1ccc(F)cc1)NC(=O)[C@@H]1CCCN1C(=O)[C@@H](NC(=O)[C@H](C)NCCCCCCCCCCN)C(C)(C)C. The molecule has 0 saturated carbocycles. The number of ether oxygens (including phenoxy) is 1. The van der Waals surface area contributed by atoms with Crippen LogP contribution in [0, 0.1) is 11.2 Å². The van der Waals surface area contributed by atoms with Crippen LogP contribution in [0.15, 0.2) is 24.3 Å². The normalized spacial score (nSPS) is 16.8. The maximum absolute atomic E-state index is 13.9. The number of hydrogen-bond donors (Lipinski definition) is 4. The van der Waals surface area contributed by atoms with Gasteiger partial charge in [-0.3, -0.25) is 14.4 Å². The highest BCUT2D eigenvalue weighted by molar-refractivity contribution is 5.95. The molecule has 5 N–H and O–H groups in total. The summed E-state index contributed by atoms with van der Waals surface area (Å²) in [6.07, 6.45) is 10.4. The smallest absolute Gasteiger partial charge is 0.328 e. The van der Waals surface area contributed by atoms with E-state index >= 15 is 0 Å². The van der Waals surface area contributed by atoms with Crippen LogP contribution in [0.4, 0.5) is 4.39 Å². The lowest BCUT2D eigenvalue weighted by Gasteiger charge is -2.36. The van der Waals surface area contributed by atoms with Crippen molar-refractivity contribution >= 4 is 23.7 Å². The molecule has 1 saturated heterocycles. The van der Waals surface area contributed by atoms with E-state index in [1.165, 1.54) is 49.1 Å². The zero-order valence-electron chi connectivity index (χ0n) is 28.7. The first-order valence-corrected chi connectivity index (χ1v) is 17.1. The van der Waals surface area contributed by atoms with Crippen LogP contribution in [-0.4, -0.2) is 79.0 Å². The van der Waals surface area contributed by atoms with Gasteiger partial charge in [-0.1, -0.05) is 71.4 Å². The third-order valence-electron chi connectivity index (χ3n) is 8.45. The molecular weight excluding hydrogens is 589 g/mol. The number of nitrogens with two attached hydrogens (primary N) is 1. The lowest BCUT2D eigenvalue weighted by Crippen LogP contribution is -2.60. The molecule has 260 valence electrons. The van der Waals surface area contributed by atoms with Crippen molar-refractivity contribution in [3.8, 4) is 0 Å². The van der Waals surface area contributed by atoms with Crippen LogP contribution >= 0.6 is 0 Å². The van der Waals surface area contributed by atoms with Gasteiger partial charge in [0.05, 0.1) is 12.6 Å². The second-order valence-corrected chi connectivity index (χ2v) is 13.4. The van der Waals surface area contributed by atoms with Crippen molar-refractivity contribution in [2.75, 3.05) is 26.2 Å². The summed E-state index contributed by atoms with van der Waals surface area (Å²) < 4.78 is 18.6. The first kappa shape index (κ1) is 39.1. The van der Waals surface area contributed by atoms with Crippen molar-refractivity contribution in [1.82, 2.24) is 20.9 Å². The Bertz CT molecular complexity index is 1090. The Balaban J connectivity index is 1.97. The van der Waals surface area contributed by atoms with E-state index in [1.807, 2.05) is 20.8 Å². The van der Waals surface area contributed by atoms with Crippen molar-refractivity contribution < 1.29 is 28.3 Å². The van der Waals surface area contributed by atoms with Crippen molar-refractivity contribution in [2.45, 2.75) is 129 Å². The summed E-state index contributed by atoms with van der Waals surface area (Å²) >= 11 is 0. The molecule has 3 amide bonds. The van der Waals surface area contributed by atoms with E-state index < -0.39 is 47.3 Å². The number of amides is 3. The highest BCUT2D eigenvalue weighted by Crippen LogP contribution is 2.26. The number of rotatable bonds is 20. The Morgan fingerprint density at radius 3 is 2.17 bits per heavy atom. The molecular formula is C35H58FN5O5. The molecule has 1 heterocycles. The van der Waals surface area contributed by atoms with E-state index in [4.69, 9.17) is 10.5 Å². The molecule has 0 radical (unpaired) electrons. The summed E-state index contributed by atoms with van der Waals surface area (Å²) in [7, 11) is 0. The van der Waals surface area contributed by atoms with E-state index in [-0.39, 0.29) is 24.8 Å². The molecule has 11 heteroatoms. The minimum Gasteiger partial charge on any atom is -0.464 e. The molecule has 2 rings (SSSR count). The topological polar surface area (TPSA) is 143 Å². The Hall–Kier alpha value is -3.05. The van der Waals surface area contributed by atoms with Crippen LogP contribution in [0.2, 0.25) is 0 Å². The maximum atomic E-state index is 13.9. The van der Waals surface area contributed by atoms with Gasteiger partial charge in [-0.05, 0) is 75.7 Å². The van der Waals surface area contributed by atoms with E-state index in [1.54, 1.807) is 26.0 Å². The third-order valence-corrected chi connectivity index (χ3v) is 8.45. The van der Waals surface area contributed by atoms with E-state index in [0.717, 1.165) is 25.8 Å². The van der Waals surface area contributed by atoms with Gasteiger partial charge in [0.1, 0.15) is 23.9 Å². The summed E-state index contributed by atoms with van der Waals surface area (Å²) in [6.45, 7) is 11.1. The minimum absolute atomic E-state index is 0.117. The number of nitrogens with one attached hydrogen (secondary N) is 3. The fourth-order valence-electron chi connectivity index (χ4n) is 5.69. The monoisotopic (exact) mass is 647 g/mol. The predicted octanol–water partition coefficient (Wildman–Crippen LogP) is 4.00. The van der Waals surface area contributed by atoms with Crippen LogP contribution in [0.5, 0.6) is 0 Å². The number of unbranched alkanes of at least 4 members (excludes halogenated alkanes) is 7. The van der Waals surface area contributed by atoms with Gasteiger partial charge < -0.3 is 31.3 Å². The number of benzene rings is 1. The van der Waals surface area contributed by atoms with Crippen molar-refractivity contribution in [3.05, 3.63) is 35.6 Å². The molecule has 46 heavy (non-hydrogen) atoms. The van der Waals surface area contributed by atoms with Gasteiger partial charge in [-0.2, -0.15) is 0 Å². The van der Waals surface area contributed by atoms with Gasteiger partial charge in [0.2, 0.25) is 17.7 Å². The quantitative estimate of drug-likeness (QED) is 0.124. The largest absolute Gasteiger partial charge is 0.464 e. The van der Waals surface area contributed by atoms with Gasteiger partial charge in [0, 0.05) is 13.0 Å². The number of halogens is 1. The third kappa shape index (κ3) is 13.4. The Kier molecular flexibility index (Phi) is 17.2. The zero-order chi connectivity index (χ0) is 34.1. The predicted molar refractivity (Wildman–Crippen MR) is 178 cm³/mol. The number of carbonyl (C=O) groups excluding carboxylic acids is 4. The summed E-state index contributed by atoms with van der Waals surface area (Å²) in [5.41, 5.74) is 5.59. The summed E-state index contributed by atoms with van der Waals surface area (Å²) in [5, 5.41) is 9.01. The standard InChI is InChI=1S/C35H58FN5O5/c1-6-46-34(45)28(24-26-17-19-27(36)20-18-26)39-32(43)29-16-15-23-41(29)33(44)30(35(3,4)5)40-31(42)25(2)38-22-14-12-10-8-7-9-11-13-21-37/h17-20,25,28-30,38H,6-16,21-24,37H2,1-5H3,(H,39,43)(H,40,42)/t25-,28-,29-,30+/m0/s1. The van der Waals surface area contributed by atoms with Gasteiger partial charge in [-0.25, -0.2) is 9.18 Å². The molecule has 1 aromatic rings. The Morgan fingerprint density at radius 2 is 1.59 bits per heavy atom. The zero-order valence-corrected chi connectivity index (χ0v) is 28.7.